The lowest BCUT2D eigenvalue weighted by Crippen LogP contribution is -2.43. The van der Waals surface area contributed by atoms with Gasteiger partial charge in [-0.05, 0) is 55.3 Å². The molecule has 3 rings (SSSR count). The lowest BCUT2D eigenvalue weighted by Gasteiger charge is -2.20. The first-order valence-corrected chi connectivity index (χ1v) is 12.2. The molecule has 2 N–H and O–H groups in total. The molecular weight excluding hydrogens is 486 g/mol. The molecule has 0 radical (unpaired) electrons. The molecule has 0 aromatic heterocycles. The third-order valence-electron chi connectivity index (χ3n) is 4.80. The van der Waals surface area contributed by atoms with Gasteiger partial charge in [-0.25, -0.2) is 8.42 Å². The van der Waals surface area contributed by atoms with Crippen molar-refractivity contribution in [1.29, 1.82) is 0 Å². The highest BCUT2D eigenvalue weighted by atomic mass is 79.9. The number of halogens is 1. The van der Waals surface area contributed by atoms with E-state index in [9.17, 15) is 18.0 Å². The SMILES string of the molecule is O=C(COc1cccc(Br)c1)NNC(=O)c1ccc(S(=O)(=O)N2CCCCCC2)cc1. The second-order valence-electron chi connectivity index (χ2n) is 7.09. The second-order valence-corrected chi connectivity index (χ2v) is 9.94. The molecule has 0 unspecified atom stereocenters. The predicted molar refractivity (Wildman–Crippen MR) is 119 cm³/mol. The summed E-state index contributed by atoms with van der Waals surface area (Å²) in [5, 5.41) is 0. The lowest BCUT2D eigenvalue weighted by atomic mass is 10.2. The van der Waals surface area contributed by atoms with E-state index in [0.717, 1.165) is 30.2 Å². The quantitative estimate of drug-likeness (QED) is 0.582. The van der Waals surface area contributed by atoms with Gasteiger partial charge in [-0.1, -0.05) is 34.8 Å². The van der Waals surface area contributed by atoms with E-state index in [1.54, 1.807) is 18.2 Å². The number of hydrogen-bond donors (Lipinski definition) is 2. The first-order chi connectivity index (χ1) is 14.9. The van der Waals surface area contributed by atoms with Crippen molar-refractivity contribution in [3.8, 4) is 5.75 Å². The number of carbonyl (C=O) groups is 2. The molecule has 0 aliphatic carbocycles. The first kappa shape index (κ1) is 23.2. The average molecular weight is 510 g/mol. The van der Waals surface area contributed by atoms with Gasteiger partial charge in [0.15, 0.2) is 6.61 Å². The van der Waals surface area contributed by atoms with Crippen LogP contribution in [0.3, 0.4) is 0 Å². The number of nitrogens with one attached hydrogen (secondary N) is 2. The molecule has 31 heavy (non-hydrogen) atoms. The molecule has 2 aromatic carbocycles. The van der Waals surface area contributed by atoms with Crippen molar-refractivity contribution in [2.75, 3.05) is 19.7 Å². The van der Waals surface area contributed by atoms with Gasteiger partial charge >= 0.3 is 0 Å². The average Bonchev–Trinajstić information content (AvgIpc) is 3.06. The van der Waals surface area contributed by atoms with Gasteiger partial charge in [0.1, 0.15) is 5.75 Å². The van der Waals surface area contributed by atoms with Crippen LogP contribution in [0, 0.1) is 0 Å². The zero-order chi connectivity index (χ0) is 22.3. The molecule has 0 bridgehead atoms. The highest BCUT2D eigenvalue weighted by Crippen LogP contribution is 2.21. The number of ether oxygens (including phenoxy) is 1. The number of hydrogen-bond acceptors (Lipinski definition) is 5. The Kier molecular flexibility index (Phi) is 8.05. The van der Waals surface area contributed by atoms with Gasteiger partial charge in [-0.2, -0.15) is 4.31 Å². The summed E-state index contributed by atoms with van der Waals surface area (Å²) in [6, 6.07) is 12.7. The summed E-state index contributed by atoms with van der Waals surface area (Å²) in [4.78, 5) is 24.3. The third kappa shape index (κ3) is 6.52. The maximum atomic E-state index is 12.8. The Hall–Kier alpha value is -2.43. The van der Waals surface area contributed by atoms with Crippen LogP contribution >= 0.6 is 15.9 Å². The summed E-state index contributed by atoms with van der Waals surface area (Å²) < 4.78 is 33.3. The van der Waals surface area contributed by atoms with Gasteiger partial charge in [0.2, 0.25) is 10.0 Å². The monoisotopic (exact) mass is 509 g/mol. The van der Waals surface area contributed by atoms with Crippen LogP contribution in [-0.2, 0) is 14.8 Å². The van der Waals surface area contributed by atoms with Crippen LogP contribution in [0.4, 0.5) is 0 Å². The Morgan fingerprint density at radius 1 is 0.968 bits per heavy atom. The van der Waals surface area contributed by atoms with Crippen LogP contribution in [0.15, 0.2) is 57.9 Å². The van der Waals surface area contributed by atoms with E-state index in [-0.39, 0.29) is 17.1 Å². The molecule has 10 heteroatoms. The fourth-order valence-electron chi connectivity index (χ4n) is 3.15. The van der Waals surface area contributed by atoms with Crippen LogP contribution in [0.2, 0.25) is 0 Å². The molecular formula is C21H24BrN3O5S. The van der Waals surface area contributed by atoms with Crippen LogP contribution in [0.1, 0.15) is 36.0 Å². The zero-order valence-corrected chi connectivity index (χ0v) is 19.2. The van der Waals surface area contributed by atoms with Gasteiger partial charge in [-0.3, -0.25) is 20.4 Å². The minimum atomic E-state index is -3.58. The van der Waals surface area contributed by atoms with Crippen molar-refractivity contribution in [3.05, 3.63) is 58.6 Å². The highest BCUT2D eigenvalue weighted by molar-refractivity contribution is 9.10. The summed E-state index contributed by atoms with van der Waals surface area (Å²) in [6.45, 7) is 0.751. The molecule has 2 aromatic rings. The number of nitrogens with zero attached hydrogens (tertiary/aromatic N) is 1. The summed E-state index contributed by atoms with van der Waals surface area (Å²) in [5.41, 5.74) is 4.78. The van der Waals surface area contributed by atoms with E-state index in [0.29, 0.717) is 18.8 Å². The van der Waals surface area contributed by atoms with Crippen molar-refractivity contribution in [1.82, 2.24) is 15.2 Å². The van der Waals surface area contributed by atoms with Crippen LogP contribution in [-0.4, -0.2) is 44.2 Å². The van der Waals surface area contributed by atoms with E-state index in [2.05, 4.69) is 26.8 Å². The first-order valence-electron chi connectivity index (χ1n) is 9.94. The number of rotatable bonds is 6. The number of hydrazine groups is 1. The second kappa shape index (κ2) is 10.7. The summed E-state index contributed by atoms with van der Waals surface area (Å²) in [5.74, 6) is -0.583. The van der Waals surface area contributed by atoms with Gasteiger partial charge in [0, 0.05) is 23.1 Å². The van der Waals surface area contributed by atoms with Crippen molar-refractivity contribution in [2.24, 2.45) is 0 Å². The summed E-state index contributed by atoms with van der Waals surface area (Å²) >= 11 is 3.31. The van der Waals surface area contributed by atoms with Crippen molar-refractivity contribution >= 4 is 37.8 Å². The topological polar surface area (TPSA) is 105 Å². The van der Waals surface area contributed by atoms with E-state index in [4.69, 9.17) is 4.74 Å². The lowest BCUT2D eigenvalue weighted by molar-refractivity contribution is -0.123. The van der Waals surface area contributed by atoms with E-state index in [1.807, 2.05) is 6.07 Å². The van der Waals surface area contributed by atoms with E-state index >= 15 is 0 Å². The van der Waals surface area contributed by atoms with E-state index in [1.165, 1.54) is 28.6 Å². The largest absolute Gasteiger partial charge is 0.484 e. The smallest absolute Gasteiger partial charge is 0.276 e. The van der Waals surface area contributed by atoms with Crippen molar-refractivity contribution in [3.63, 3.8) is 0 Å². The predicted octanol–water partition coefficient (Wildman–Crippen LogP) is 2.85. The fraction of sp³-hybridized carbons (Fsp3) is 0.333. The van der Waals surface area contributed by atoms with Gasteiger partial charge in [-0.15, -0.1) is 0 Å². The number of sulfonamides is 1. The maximum Gasteiger partial charge on any atom is 0.276 e. The molecule has 1 saturated heterocycles. The third-order valence-corrected chi connectivity index (χ3v) is 7.21. The van der Waals surface area contributed by atoms with Crippen molar-refractivity contribution < 1.29 is 22.7 Å². The number of carbonyl (C=O) groups excluding carboxylic acids is 2. The van der Waals surface area contributed by atoms with Gasteiger partial charge < -0.3 is 4.74 Å². The zero-order valence-electron chi connectivity index (χ0n) is 16.8. The normalized spacial score (nSPS) is 15.0. The molecule has 1 aliphatic heterocycles. The van der Waals surface area contributed by atoms with Crippen LogP contribution in [0.5, 0.6) is 5.75 Å². The Morgan fingerprint density at radius 3 is 2.29 bits per heavy atom. The summed E-state index contributed by atoms with van der Waals surface area (Å²) in [7, 11) is -3.58. The molecule has 0 atom stereocenters. The minimum absolute atomic E-state index is 0.150. The molecule has 0 saturated carbocycles. The Labute approximate surface area is 190 Å². The Balaban J connectivity index is 1.52. The van der Waals surface area contributed by atoms with Crippen LogP contribution in [0.25, 0.3) is 0 Å². The number of amides is 2. The fourth-order valence-corrected chi connectivity index (χ4v) is 5.05. The van der Waals surface area contributed by atoms with Crippen molar-refractivity contribution in [2.45, 2.75) is 30.6 Å². The molecule has 1 aliphatic rings. The molecule has 8 nitrogen and oxygen atoms in total. The van der Waals surface area contributed by atoms with E-state index < -0.39 is 21.8 Å². The Morgan fingerprint density at radius 2 is 1.65 bits per heavy atom. The molecule has 1 fully saturated rings. The van der Waals surface area contributed by atoms with Gasteiger partial charge in [0.25, 0.3) is 11.8 Å². The molecule has 0 spiro atoms. The number of benzene rings is 2. The maximum absolute atomic E-state index is 12.8. The summed E-state index contributed by atoms with van der Waals surface area (Å²) in [6.07, 6.45) is 3.77. The Bertz CT molecular complexity index is 1020. The molecule has 1 heterocycles. The molecule has 166 valence electrons. The highest BCUT2D eigenvalue weighted by Gasteiger charge is 2.25. The standard InChI is InChI=1S/C21H24BrN3O5S/c22-17-6-5-7-18(14-17)30-15-20(26)23-24-21(27)16-8-10-19(11-9-16)31(28,29)25-12-3-1-2-4-13-25/h5-11,14H,1-4,12-13,15H2,(H,23,26)(H,24,27). The minimum Gasteiger partial charge on any atom is -0.484 e. The van der Waals surface area contributed by atoms with Crippen LogP contribution < -0.4 is 15.6 Å². The van der Waals surface area contributed by atoms with Gasteiger partial charge in [0.05, 0.1) is 4.90 Å². The molecule has 2 amide bonds.